The van der Waals surface area contributed by atoms with E-state index in [-0.39, 0.29) is 0 Å². The van der Waals surface area contributed by atoms with Crippen LogP contribution in [0.15, 0.2) is 30.9 Å². The fourth-order valence-electron chi connectivity index (χ4n) is 1.13. The molecule has 0 bridgehead atoms. The summed E-state index contributed by atoms with van der Waals surface area (Å²) < 4.78 is 1.96. The van der Waals surface area contributed by atoms with Crippen LogP contribution in [0.2, 0.25) is 0 Å². The predicted molar refractivity (Wildman–Crippen MR) is 43.1 cm³/mol. The van der Waals surface area contributed by atoms with E-state index >= 15 is 0 Å². The normalized spacial score (nSPS) is 10.6. The van der Waals surface area contributed by atoms with Gasteiger partial charge in [0.25, 0.3) is 0 Å². The second-order valence-electron chi connectivity index (χ2n) is 2.46. The van der Waals surface area contributed by atoms with Crippen molar-refractivity contribution < 1.29 is 0 Å². The summed E-state index contributed by atoms with van der Waals surface area (Å²) >= 11 is 0. The molecule has 0 aliphatic rings. The molecule has 2 rings (SSSR count). The fourth-order valence-corrected chi connectivity index (χ4v) is 1.13. The quantitative estimate of drug-likeness (QED) is 0.648. The summed E-state index contributed by atoms with van der Waals surface area (Å²) in [6.45, 7) is 0.585. The maximum atomic E-state index is 5.48. The molecule has 0 aromatic carbocycles. The van der Waals surface area contributed by atoms with E-state index in [9.17, 15) is 0 Å². The third kappa shape index (κ3) is 0.991. The van der Waals surface area contributed by atoms with Gasteiger partial charge in [-0.1, -0.05) is 0 Å². The monoisotopic (exact) mass is 147 g/mol. The van der Waals surface area contributed by atoms with Crippen LogP contribution in [0.25, 0.3) is 5.52 Å². The Bertz CT molecular complexity index is 331. The second kappa shape index (κ2) is 2.36. The molecule has 2 aromatic heterocycles. The van der Waals surface area contributed by atoms with Crippen LogP contribution in [0.4, 0.5) is 0 Å². The van der Waals surface area contributed by atoms with Gasteiger partial charge in [0.15, 0.2) is 0 Å². The number of hydrogen-bond donors (Lipinski definition) is 1. The molecule has 0 amide bonds. The van der Waals surface area contributed by atoms with Gasteiger partial charge in [-0.25, -0.2) is 4.98 Å². The molecule has 0 aliphatic carbocycles. The Balaban J connectivity index is 2.69. The van der Waals surface area contributed by atoms with Gasteiger partial charge in [-0.15, -0.1) is 0 Å². The SMILES string of the molecule is NCc1cc2ccncn2c1. The van der Waals surface area contributed by atoms with E-state index in [0.717, 1.165) is 11.1 Å². The van der Waals surface area contributed by atoms with Crippen LogP contribution >= 0.6 is 0 Å². The molecular formula is C8H9N3. The topological polar surface area (TPSA) is 43.3 Å². The van der Waals surface area contributed by atoms with E-state index in [1.807, 2.05) is 16.7 Å². The van der Waals surface area contributed by atoms with Crippen LogP contribution in [-0.4, -0.2) is 9.38 Å². The van der Waals surface area contributed by atoms with Crippen molar-refractivity contribution >= 4 is 5.52 Å². The highest BCUT2D eigenvalue weighted by Crippen LogP contribution is 2.06. The fraction of sp³-hybridized carbons (Fsp3) is 0.125. The van der Waals surface area contributed by atoms with Crippen molar-refractivity contribution in [3.63, 3.8) is 0 Å². The number of hydrogen-bond acceptors (Lipinski definition) is 2. The number of rotatable bonds is 1. The van der Waals surface area contributed by atoms with Crippen molar-refractivity contribution in [1.29, 1.82) is 0 Å². The first-order chi connectivity index (χ1) is 5.40. The Morgan fingerprint density at radius 1 is 1.55 bits per heavy atom. The van der Waals surface area contributed by atoms with E-state index < -0.39 is 0 Å². The summed E-state index contributed by atoms with van der Waals surface area (Å²) in [6, 6.07) is 4.01. The molecule has 0 aliphatic heterocycles. The standard InChI is InChI=1S/C8H9N3/c9-4-7-3-8-1-2-10-6-11(8)5-7/h1-3,5-6H,4,9H2. The molecule has 0 spiro atoms. The van der Waals surface area contributed by atoms with Crippen LogP contribution in [-0.2, 0) is 6.54 Å². The Hall–Kier alpha value is -1.35. The highest BCUT2D eigenvalue weighted by Gasteiger charge is 1.94. The number of nitrogens with two attached hydrogens (primary N) is 1. The summed E-state index contributed by atoms with van der Waals surface area (Å²) in [5.74, 6) is 0. The van der Waals surface area contributed by atoms with Crippen molar-refractivity contribution in [2.75, 3.05) is 0 Å². The predicted octanol–water partition coefficient (Wildman–Crippen LogP) is 0.793. The van der Waals surface area contributed by atoms with Gasteiger partial charge in [-0.2, -0.15) is 0 Å². The van der Waals surface area contributed by atoms with Crippen molar-refractivity contribution in [1.82, 2.24) is 9.38 Å². The molecule has 56 valence electrons. The first-order valence-electron chi connectivity index (χ1n) is 3.51. The van der Waals surface area contributed by atoms with Gasteiger partial charge >= 0.3 is 0 Å². The molecule has 0 unspecified atom stereocenters. The van der Waals surface area contributed by atoms with Crippen LogP contribution in [0.5, 0.6) is 0 Å². The lowest BCUT2D eigenvalue weighted by molar-refractivity contribution is 1.04. The van der Waals surface area contributed by atoms with E-state index in [2.05, 4.69) is 11.1 Å². The van der Waals surface area contributed by atoms with E-state index in [1.54, 1.807) is 12.5 Å². The largest absolute Gasteiger partial charge is 0.326 e. The summed E-state index contributed by atoms with van der Waals surface area (Å²) in [5.41, 5.74) is 7.76. The molecule has 11 heavy (non-hydrogen) atoms. The average molecular weight is 147 g/mol. The molecule has 0 radical (unpaired) electrons. The number of nitrogens with zero attached hydrogens (tertiary/aromatic N) is 2. The first-order valence-corrected chi connectivity index (χ1v) is 3.51. The van der Waals surface area contributed by atoms with Crippen molar-refractivity contribution in [2.24, 2.45) is 5.73 Å². The molecule has 3 nitrogen and oxygen atoms in total. The molecule has 3 heteroatoms. The third-order valence-corrected chi connectivity index (χ3v) is 1.69. The molecule has 2 aromatic rings. The summed E-state index contributed by atoms with van der Waals surface area (Å²) in [6.07, 6.45) is 5.53. The van der Waals surface area contributed by atoms with E-state index in [4.69, 9.17) is 5.73 Å². The van der Waals surface area contributed by atoms with Crippen LogP contribution < -0.4 is 5.73 Å². The van der Waals surface area contributed by atoms with Gasteiger partial charge in [0.05, 0.1) is 6.33 Å². The second-order valence-corrected chi connectivity index (χ2v) is 2.46. The molecule has 0 atom stereocenters. The molecule has 2 heterocycles. The van der Waals surface area contributed by atoms with Gasteiger partial charge in [0.2, 0.25) is 0 Å². The van der Waals surface area contributed by atoms with Gasteiger partial charge < -0.3 is 10.1 Å². The molecule has 0 saturated heterocycles. The zero-order chi connectivity index (χ0) is 7.68. The molecule has 0 saturated carbocycles. The minimum absolute atomic E-state index is 0.585. The van der Waals surface area contributed by atoms with Crippen LogP contribution in [0.3, 0.4) is 0 Å². The first kappa shape index (κ1) is 6.37. The maximum absolute atomic E-state index is 5.48. The summed E-state index contributed by atoms with van der Waals surface area (Å²) in [7, 11) is 0. The minimum atomic E-state index is 0.585. The third-order valence-electron chi connectivity index (χ3n) is 1.69. The molecular weight excluding hydrogens is 138 g/mol. The lowest BCUT2D eigenvalue weighted by Gasteiger charge is -1.88. The number of aromatic nitrogens is 2. The molecule has 0 fully saturated rings. The lowest BCUT2D eigenvalue weighted by atomic mass is 10.3. The Labute approximate surface area is 64.5 Å². The van der Waals surface area contributed by atoms with Crippen LogP contribution in [0, 0.1) is 0 Å². The van der Waals surface area contributed by atoms with E-state index in [1.165, 1.54) is 0 Å². The maximum Gasteiger partial charge on any atom is 0.0990 e. The van der Waals surface area contributed by atoms with Crippen molar-refractivity contribution in [3.8, 4) is 0 Å². The highest BCUT2D eigenvalue weighted by molar-refractivity contribution is 5.48. The van der Waals surface area contributed by atoms with Gasteiger partial charge in [-0.05, 0) is 17.7 Å². The van der Waals surface area contributed by atoms with Gasteiger partial charge in [0, 0.05) is 24.5 Å². The van der Waals surface area contributed by atoms with E-state index in [0.29, 0.717) is 6.54 Å². The van der Waals surface area contributed by atoms with Crippen molar-refractivity contribution in [2.45, 2.75) is 6.54 Å². The average Bonchev–Trinajstić information content (AvgIpc) is 2.46. The Morgan fingerprint density at radius 3 is 3.18 bits per heavy atom. The zero-order valence-corrected chi connectivity index (χ0v) is 6.07. The van der Waals surface area contributed by atoms with Crippen LogP contribution in [0.1, 0.15) is 5.56 Å². The minimum Gasteiger partial charge on any atom is -0.326 e. The number of fused-ring (bicyclic) bond motifs is 1. The van der Waals surface area contributed by atoms with Gasteiger partial charge in [0.1, 0.15) is 0 Å². The summed E-state index contributed by atoms with van der Waals surface area (Å²) in [5, 5.41) is 0. The van der Waals surface area contributed by atoms with Gasteiger partial charge in [-0.3, -0.25) is 0 Å². The van der Waals surface area contributed by atoms with Crippen molar-refractivity contribution in [3.05, 3.63) is 36.4 Å². The Morgan fingerprint density at radius 2 is 2.45 bits per heavy atom. The highest BCUT2D eigenvalue weighted by atomic mass is 14.9. The lowest BCUT2D eigenvalue weighted by Crippen LogP contribution is -1.92. The Kier molecular flexibility index (Phi) is 1.36. The smallest absolute Gasteiger partial charge is 0.0990 e. The zero-order valence-electron chi connectivity index (χ0n) is 6.07. The molecule has 2 N–H and O–H groups in total. The summed E-state index contributed by atoms with van der Waals surface area (Å²) in [4.78, 5) is 3.98.